The Hall–Kier alpha value is -2.30. The number of hydrogen-bond donors (Lipinski definition) is 0. The van der Waals surface area contributed by atoms with Crippen LogP contribution in [0.25, 0.3) is 0 Å². The van der Waals surface area contributed by atoms with Gasteiger partial charge in [0.05, 0.1) is 19.7 Å². The molecule has 0 spiro atoms. The summed E-state index contributed by atoms with van der Waals surface area (Å²) in [7, 11) is 3.60. The van der Waals surface area contributed by atoms with Gasteiger partial charge in [-0.25, -0.2) is 0 Å². The van der Waals surface area contributed by atoms with E-state index in [9.17, 15) is 4.79 Å². The summed E-state index contributed by atoms with van der Waals surface area (Å²) in [4.78, 5) is 14.5. The predicted octanol–water partition coefficient (Wildman–Crippen LogP) is 1.95. The fourth-order valence-corrected chi connectivity index (χ4v) is 2.97. The van der Waals surface area contributed by atoms with Crippen LogP contribution in [-0.2, 0) is 31.2 Å². The molecule has 0 saturated carbocycles. The molecule has 0 N–H and O–H groups in total. The van der Waals surface area contributed by atoms with Gasteiger partial charge in [-0.05, 0) is 30.5 Å². The van der Waals surface area contributed by atoms with Gasteiger partial charge in [0.1, 0.15) is 5.75 Å². The highest BCUT2D eigenvalue weighted by Crippen LogP contribution is 2.19. The van der Waals surface area contributed by atoms with Crippen molar-refractivity contribution in [2.75, 3.05) is 13.7 Å². The summed E-state index contributed by atoms with van der Waals surface area (Å²) in [6, 6.07) is 7.70. The van der Waals surface area contributed by atoms with Gasteiger partial charge in [0.2, 0.25) is 5.91 Å². The van der Waals surface area contributed by atoms with Crippen molar-refractivity contribution in [3.63, 3.8) is 0 Å². The van der Waals surface area contributed by atoms with Gasteiger partial charge < -0.3 is 9.64 Å². The van der Waals surface area contributed by atoms with Crippen LogP contribution in [0, 0.1) is 0 Å². The predicted molar refractivity (Wildman–Crippen MR) is 83.6 cm³/mol. The molecule has 0 radical (unpaired) electrons. The van der Waals surface area contributed by atoms with Gasteiger partial charge in [-0.1, -0.05) is 12.1 Å². The molecule has 1 aliphatic rings. The first-order valence-corrected chi connectivity index (χ1v) is 7.58. The van der Waals surface area contributed by atoms with Crippen LogP contribution in [0.15, 0.2) is 30.5 Å². The molecule has 0 fully saturated rings. The van der Waals surface area contributed by atoms with Gasteiger partial charge in [0.15, 0.2) is 0 Å². The number of ether oxygens (including phenoxy) is 1. The Kier molecular flexibility index (Phi) is 4.13. The summed E-state index contributed by atoms with van der Waals surface area (Å²) in [5.41, 5.74) is 3.40. The third-order valence-corrected chi connectivity index (χ3v) is 4.19. The van der Waals surface area contributed by atoms with Crippen molar-refractivity contribution in [2.45, 2.75) is 25.8 Å². The molecule has 3 rings (SSSR count). The second-order valence-electron chi connectivity index (χ2n) is 5.69. The number of fused-ring (bicyclic) bond motifs is 1. The van der Waals surface area contributed by atoms with E-state index in [1.54, 1.807) is 7.11 Å². The van der Waals surface area contributed by atoms with Crippen LogP contribution in [0.1, 0.15) is 23.2 Å². The monoisotopic (exact) mass is 299 g/mol. The third kappa shape index (κ3) is 2.98. The first kappa shape index (κ1) is 14.6. The zero-order chi connectivity index (χ0) is 15.5. The van der Waals surface area contributed by atoms with Crippen molar-refractivity contribution >= 4 is 5.91 Å². The molecule has 0 bridgehead atoms. The number of amides is 1. The SMILES string of the molecule is COc1cccc(CC(=O)N2CCCc3c(cnn3C)C2)c1. The zero-order valence-corrected chi connectivity index (χ0v) is 13.1. The summed E-state index contributed by atoms with van der Waals surface area (Å²) < 4.78 is 7.14. The van der Waals surface area contributed by atoms with Crippen LogP contribution in [0.2, 0.25) is 0 Å². The Morgan fingerprint density at radius 2 is 2.27 bits per heavy atom. The molecule has 2 heterocycles. The van der Waals surface area contributed by atoms with Gasteiger partial charge in [-0.15, -0.1) is 0 Å². The van der Waals surface area contributed by atoms with Gasteiger partial charge in [0.25, 0.3) is 0 Å². The Balaban J connectivity index is 1.72. The first-order chi connectivity index (χ1) is 10.7. The lowest BCUT2D eigenvalue weighted by Gasteiger charge is -2.20. The van der Waals surface area contributed by atoms with Crippen molar-refractivity contribution in [3.8, 4) is 5.75 Å². The van der Waals surface area contributed by atoms with Crippen LogP contribution in [0.5, 0.6) is 5.75 Å². The molecule has 0 unspecified atom stereocenters. The Bertz CT molecular complexity index is 678. The summed E-state index contributed by atoms with van der Waals surface area (Å²) >= 11 is 0. The molecule has 1 aromatic heterocycles. The fourth-order valence-electron chi connectivity index (χ4n) is 2.97. The highest BCUT2D eigenvalue weighted by molar-refractivity contribution is 5.79. The Labute approximate surface area is 130 Å². The van der Waals surface area contributed by atoms with Crippen LogP contribution in [-0.4, -0.2) is 34.2 Å². The second-order valence-corrected chi connectivity index (χ2v) is 5.69. The number of methoxy groups -OCH3 is 1. The van der Waals surface area contributed by atoms with Crippen molar-refractivity contribution in [1.29, 1.82) is 0 Å². The largest absolute Gasteiger partial charge is 0.497 e. The lowest BCUT2D eigenvalue weighted by Crippen LogP contribution is -2.31. The van der Waals surface area contributed by atoms with E-state index in [4.69, 9.17) is 4.74 Å². The minimum atomic E-state index is 0.157. The molecule has 1 amide bonds. The van der Waals surface area contributed by atoms with Crippen LogP contribution < -0.4 is 4.74 Å². The number of aromatic nitrogens is 2. The second kappa shape index (κ2) is 6.22. The van der Waals surface area contributed by atoms with E-state index in [1.165, 1.54) is 11.3 Å². The number of rotatable bonds is 3. The van der Waals surface area contributed by atoms with Crippen molar-refractivity contribution in [2.24, 2.45) is 7.05 Å². The lowest BCUT2D eigenvalue weighted by molar-refractivity contribution is -0.131. The summed E-state index contributed by atoms with van der Waals surface area (Å²) in [5, 5.41) is 4.30. The minimum Gasteiger partial charge on any atom is -0.497 e. The molecule has 1 aromatic carbocycles. The van der Waals surface area contributed by atoms with Crippen LogP contribution >= 0.6 is 0 Å². The van der Waals surface area contributed by atoms with Crippen molar-refractivity contribution < 1.29 is 9.53 Å². The molecule has 1 aliphatic heterocycles. The maximum absolute atomic E-state index is 12.6. The maximum atomic E-state index is 12.6. The molecule has 0 atom stereocenters. The Morgan fingerprint density at radius 3 is 3.09 bits per heavy atom. The van der Waals surface area contributed by atoms with Gasteiger partial charge in [-0.3, -0.25) is 9.48 Å². The molecule has 5 nitrogen and oxygen atoms in total. The summed E-state index contributed by atoms with van der Waals surface area (Å²) in [6.45, 7) is 1.46. The molecule has 0 aliphatic carbocycles. The molecule has 116 valence electrons. The third-order valence-electron chi connectivity index (χ3n) is 4.19. The Morgan fingerprint density at radius 1 is 1.41 bits per heavy atom. The molecule has 0 saturated heterocycles. The topological polar surface area (TPSA) is 47.4 Å². The zero-order valence-electron chi connectivity index (χ0n) is 13.1. The highest BCUT2D eigenvalue weighted by Gasteiger charge is 2.21. The average molecular weight is 299 g/mol. The fraction of sp³-hybridized carbons (Fsp3) is 0.412. The standard InChI is InChI=1S/C17H21N3O2/c1-19-16-7-4-8-20(12-14(16)11-18-19)17(21)10-13-5-3-6-15(9-13)22-2/h3,5-6,9,11H,4,7-8,10,12H2,1-2H3. The number of carbonyl (C=O) groups is 1. The van der Waals surface area contributed by atoms with E-state index >= 15 is 0 Å². The quantitative estimate of drug-likeness (QED) is 0.870. The van der Waals surface area contributed by atoms with E-state index in [0.717, 1.165) is 30.7 Å². The van der Waals surface area contributed by atoms with E-state index < -0.39 is 0 Å². The van der Waals surface area contributed by atoms with Crippen molar-refractivity contribution in [1.82, 2.24) is 14.7 Å². The molecule has 2 aromatic rings. The van der Waals surface area contributed by atoms with Gasteiger partial charge >= 0.3 is 0 Å². The average Bonchev–Trinajstić information content (AvgIpc) is 2.75. The molecule has 22 heavy (non-hydrogen) atoms. The lowest BCUT2D eigenvalue weighted by atomic mass is 10.1. The molecule has 5 heteroatoms. The number of nitrogens with zero attached hydrogens (tertiary/aromatic N) is 3. The van der Waals surface area contributed by atoms with E-state index in [0.29, 0.717) is 13.0 Å². The van der Waals surface area contributed by atoms with Gasteiger partial charge in [-0.2, -0.15) is 5.10 Å². The van der Waals surface area contributed by atoms with Crippen molar-refractivity contribution in [3.05, 3.63) is 47.3 Å². The maximum Gasteiger partial charge on any atom is 0.227 e. The van der Waals surface area contributed by atoms with Crippen LogP contribution in [0.3, 0.4) is 0 Å². The first-order valence-electron chi connectivity index (χ1n) is 7.58. The van der Waals surface area contributed by atoms with Crippen LogP contribution in [0.4, 0.5) is 0 Å². The number of carbonyl (C=O) groups excluding carboxylic acids is 1. The summed E-state index contributed by atoms with van der Waals surface area (Å²) in [5.74, 6) is 0.945. The molecular weight excluding hydrogens is 278 g/mol. The number of hydrogen-bond acceptors (Lipinski definition) is 3. The van der Waals surface area contributed by atoms with E-state index in [-0.39, 0.29) is 5.91 Å². The molecular formula is C17H21N3O2. The number of benzene rings is 1. The van der Waals surface area contributed by atoms with E-state index in [1.807, 2.05) is 47.1 Å². The normalized spacial score (nSPS) is 14.4. The summed E-state index contributed by atoms with van der Waals surface area (Å²) in [6.07, 6.45) is 4.25. The minimum absolute atomic E-state index is 0.157. The highest BCUT2D eigenvalue weighted by atomic mass is 16.5. The smallest absolute Gasteiger partial charge is 0.227 e. The number of aryl methyl sites for hydroxylation is 1. The van der Waals surface area contributed by atoms with Gasteiger partial charge in [0, 0.05) is 31.4 Å². The van der Waals surface area contributed by atoms with E-state index in [2.05, 4.69) is 5.10 Å².